The van der Waals surface area contributed by atoms with Gasteiger partial charge in [-0.15, -0.1) is 24.0 Å². The van der Waals surface area contributed by atoms with Crippen LogP contribution in [0.15, 0.2) is 52.1 Å². The maximum atomic E-state index is 6.07. The summed E-state index contributed by atoms with van der Waals surface area (Å²) < 4.78 is 5.36. The van der Waals surface area contributed by atoms with Crippen molar-refractivity contribution in [1.29, 1.82) is 0 Å². The Morgan fingerprint density at radius 2 is 2.00 bits per heavy atom. The van der Waals surface area contributed by atoms with Crippen LogP contribution in [0.4, 0.5) is 0 Å². The summed E-state index contributed by atoms with van der Waals surface area (Å²) in [6, 6.07) is 12.0. The first-order chi connectivity index (χ1) is 12.2. The van der Waals surface area contributed by atoms with E-state index in [4.69, 9.17) is 16.0 Å². The third-order valence-electron chi connectivity index (χ3n) is 4.41. The lowest BCUT2D eigenvalue weighted by molar-refractivity contribution is 0.172. The summed E-state index contributed by atoms with van der Waals surface area (Å²) >= 11 is 6.07. The van der Waals surface area contributed by atoms with Crippen LogP contribution < -0.4 is 5.32 Å². The number of benzene rings is 1. The molecule has 1 aliphatic heterocycles. The number of nitrogens with one attached hydrogen (secondary N) is 1. The molecule has 2 heterocycles. The monoisotopic (exact) mass is 488 g/mol. The van der Waals surface area contributed by atoms with E-state index in [2.05, 4.69) is 26.2 Å². The average molecular weight is 489 g/mol. The Balaban J connectivity index is 0.00000243. The fourth-order valence-electron chi connectivity index (χ4n) is 3.10. The number of guanidine groups is 1. The van der Waals surface area contributed by atoms with Crippen molar-refractivity contribution < 1.29 is 4.42 Å². The molecule has 0 saturated carbocycles. The van der Waals surface area contributed by atoms with Crippen molar-refractivity contribution in [3.8, 4) is 0 Å². The van der Waals surface area contributed by atoms with Gasteiger partial charge in [-0.3, -0.25) is 9.89 Å². The van der Waals surface area contributed by atoms with Crippen molar-refractivity contribution in [1.82, 2.24) is 15.1 Å². The van der Waals surface area contributed by atoms with E-state index in [0.717, 1.165) is 62.4 Å². The standard InChI is InChI=1S/C19H25ClN4O.HI/c1-21-19(22-8-7-18-6-3-13-25-18)24-11-9-23(10-12-24)15-16-4-2-5-17(20)14-16;/h2-6,13-14H,7-12,15H2,1H3,(H,21,22);1H. The molecule has 1 N–H and O–H groups in total. The van der Waals surface area contributed by atoms with Gasteiger partial charge in [0.15, 0.2) is 5.96 Å². The Morgan fingerprint density at radius 3 is 2.65 bits per heavy atom. The Labute approximate surface area is 177 Å². The average Bonchev–Trinajstić information content (AvgIpc) is 3.13. The van der Waals surface area contributed by atoms with E-state index in [9.17, 15) is 0 Å². The van der Waals surface area contributed by atoms with E-state index in [0.29, 0.717) is 0 Å². The number of rotatable bonds is 5. The van der Waals surface area contributed by atoms with E-state index in [1.165, 1.54) is 5.56 Å². The van der Waals surface area contributed by atoms with Crippen molar-refractivity contribution in [3.05, 3.63) is 59.0 Å². The molecular formula is C19H26ClIN4O. The molecule has 5 nitrogen and oxygen atoms in total. The third-order valence-corrected chi connectivity index (χ3v) is 4.65. The minimum atomic E-state index is 0. The highest BCUT2D eigenvalue weighted by molar-refractivity contribution is 14.0. The van der Waals surface area contributed by atoms with Gasteiger partial charge >= 0.3 is 0 Å². The zero-order chi connectivity index (χ0) is 17.5. The molecule has 0 spiro atoms. The van der Waals surface area contributed by atoms with Crippen LogP contribution in [0.5, 0.6) is 0 Å². The second-order valence-electron chi connectivity index (χ2n) is 6.20. The van der Waals surface area contributed by atoms with Gasteiger partial charge in [-0.2, -0.15) is 0 Å². The Kier molecular flexibility index (Phi) is 8.74. The van der Waals surface area contributed by atoms with Gasteiger partial charge in [-0.25, -0.2) is 0 Å². The first kappa shape index (κ1) is 21.1. The van der Waals surface area contributed by atoms with Crippen LogP contribution in [0, 0.1) is 0 Å². The summed E-state index contributed by atoms with van der Waals surface area (Å²) in [6.45, 7) is 5.75. The van der Waals surface area contributed by atoms with E-state index in [1.807, 2.05) is 37.4 Å². The zero-order valence-electron chi connectivity index (χ0n) is 15.0. The predicted octanol–water partition coefficient (Wildman–Crippen LogP) is 3.49. The number of aliphatic imine (C=N–C) groups is 1. The normalized spacial score (nSPS) is 15.6. The number of nitrogens with zero attached hydrogens (tertiary/aromatic N) is 3. The summed E-state index contributed by atoms with van der Waals surface area (Å²) in [5, 5.41) is 4.23. The number of hydrogen-bond donors (Lipinski definition) is 1. The summed E-state index contributed by atoms with van der Waals surface area (Å²) in [4.78, 5) is 9.19. The Bertz CT molecular complexity index is 685. The third kappa shape index (κ3) is 6.17. The van der Waals surface area contributed by atoms with Crippen molar-refractivity contribution in [2.45, 2.75) is 13.0 Å². The quantitative estimate of drug-likeness (QED) is 0.398. The van der Waals surface area contributed by atoms with Crippen LogP contribution in [0.3, 0.4) is 0 Å². The minimum Gasteiger partial charge on any atom is -0.469 e. The van der Waals surface area contributed by atoms with E-state index in [-0.39, 0.29) is 24.0 Å². The van der Waals surface area contributed by atoms with E-state index in [1.54, 1.807) is 6.26 Å². The van der Waals surface area contributed by atoms with Gasteiger partial charge in [0.25, 0.3) is 0 Å². The molecule has 0 atom stereocenters. The molecule has 0 amide bonds. The van der Waals surface area contributed by atoms with Crippen LogP contribution in [-0.2, 0) is 13.0 Å². The molecule has 1 aromatic carbocycles. The molecular weight excluding hydrogens is 463 g/mol. The molecule has 7 heteroatoms. The highest BCUT2D eigenvalue weighted by Crippen LogP contribution is 2.14. The molecule has 1 fully saturated rings. The van der Waals surface area contributed by atoms with Gasteiger partial charge in [0.2, 0.25) is 0 Å². The van der Waals surface area contributed by atoms with Gasteiger partial charge < -0.3 is 14.6 Å². The molecule has 1 aliphatic rings. The van der Waals surface area contributed by atoms with Crippen LogP contribution in [0.25, 0.3) is 0 Å². The second kappa shape index (κ2) is 10.8. The number of halogens is 2. The summed E-state index contributed by atoms with van der Waals surface area (Å²) in [5.74, 6) is 1.96. The molecule has 2 aromatic rings. The van der Waals surface area contributed by atoms with Crippen molar-refractivity contribution in [2.75, 3.05) is 39.8 Å². The Hall–Kier alpha value is -1.25. The zero-order valence-corrected chi connectivity index (χ0v) is 18.1. The molecule has 0 aliphatic carbocycles. The van der Waals surface area contributed by atoms with Crippen molar-refractivity contribution >= 4 is 41.5 Å². The maximum absolute atomic E-state index is 6.07. The van der Waals surface area contributed by atoms with Gasteiger partial charge in [-0.05, 0) is 29.8 Å². The van der Waals surface area contributed by atoms with Crippen LogP contribution in [0.2, 0.25) is 5.02 Å². The summed E-state index contributed by atoms with van der Waals surface area (Å²) in [7, 11) is 1.84. The lowest BCUT2D eigenvalue weighted by Gasteiger charge is -2.36. The van der Waals surface area contributed by atoms with Gasteiger partial charge in [0, 0.05) is 57.8 Å². The first-order valence-corrected chi connectivity index (χ1v) is 9.07. The summed E-state index contributed by atoms with van der Waals surface area (Å²) in [6.07, 6.45) is 2.57. The fourth-order valence-corrected chi connectivity index (χ4v) is 3.31. The Morgan fingerprint density at radius 1 is 1.19 bits per heavy atom. The van der Waals surface area contributed by atoms with Crippen molar-refractivity contribution in [3.63, 3.8) is 0 Å². The van der Waals surface area contributed by atoms with Crippen molar-refractivity contribution in [2.24, 2.45) is 4.99 Å². The van der Waals surface area contributed by atoms with E-state index < -0.39 is 0 Å². The van der Waals surface area contributed by atoms with E-state index >= 15 is 0 Å². The molecule has 26 heavy (non-hydrogen) atoms. The first-order valence-electron chi connectivity index (χ1n) is 8.69. The molecule has 1 aromatic heterocycles. The molecule has 0 bridgehead atoms. The fraction of sp³-hybridized carbons (Fsp3) is 0.421. The SMILES string of the molecule is CN=C(NCCc1ccco1)N1CCN(Cc2cccc(Cl)c2)CC1.I. The summed E-state index contributed by atoms with van der Waals surface area (Å²) in [5.41, 5.74) is 1.27. The highest BCUT2D eigenvalue weighted by Gasteiger charge is 2.19. The van der Waals surface area contributed by atoms with Crippen LogP contribution in [0.1, 0.15) is 11.3 Å². The van der Waals surface area contributed by atoms with Crippen LogP contribution >= 0.6 is 35.6 Å². The molecule has 3 rings (SSSR count). The molecule has 1 saturated heterocycles. The number of piperazine rings is 1. The lowest BCUT2D eigenvalue weighted by Crippen LogP contribution is -2.52. The smallest absolute Gasteiger partial charge is 0.193 e. The minimum absolute atomic E-state index is 0. The topological polar surface area (TPSA) is 44.0 Å². The van der Waals surface area contributed by atoms with Gasteiger partial charge in [0.1, 0.15) is 5.76 Å². The predicted molar refractivity (Wildman–Crippen MR) is 117 cm³/mol. The highest BCUT2D eigenvalue weighted by atomic mass is 127. The molecule has 0 unspecified atom stereocenters. The maximum Gasteiger partial charge on any atom is 0.193 e. The number of hydrogen-bond acceptors (Lipinski definition) is 3. The molecule has 0 radical (unpaired) electrons. The molecule has 142 valence electrons. The largest absolute Gasteiger partial charge is 0.469 e. The van der Waals surface area contributed by atoms with Crippen LogP contribution in [-0.4, -0.2) is 55.5 Å². The van der Waals surface area contributed by atoms with Gasteiger partial charge in [-0.1, -0.05) is 23.7 Å². The lowest BCUT2D eigenvalue weighted by atomic mass is 10.2. The number of furan rings is 1. The van der Waals surface area contributed by atoms with Gasteiger partial charge in [0.05, 0.1) is 6.26 Å². The second-order valence-corrected chi connectivity index (χ2v) is 6.63.